The molecular weight excluding hydrogens is 479 g/mol. The van der Waals surface area contributed by atoms with Gasteiger partial charge in [-0.05, 0) is 29.1 Å². The number of thioether (sulfide) groups is 1. The predicted molar refractivity (Wildman–Crippen MR) is 131 cm³/mol. The fourth-order valence-electron chi connectivity index (χ4n) is 3.27. The number of carbonyl (C=O) groups is 2. The van der Waals surface area contributed by atoms with E-state index in [-0.39, 0.29) is 28.4 Å². The minimum atomic E-state index is -4.44. The highest BCUT2D eigenvalue weighted by Gasteiger charge is 2.30. The lowest BCUT2D eigenvalue weighted by molar-refractivity contribution is -0.139. The molecule has 3 aromatic carbocycles. The van der Waals surface area contributed by atoms with Crippen LogP contribution in [-0.2, 0) is 17.6 Å². The maximum atomic E-state index is 13.1. The van der Waals surface area contributed by atoms with Crippen molar-refractivity contribution in [2.24, 2.45) is 0 Å². The van der Waals surface area contributed by atoms with Crippen molar-refractivity contribution in [1.29, 1.82) is 0 Å². The number of carbonyl (C=O) groups excluding carboxylic acids is 1. The van der Waals surface area contributed by atoms with Crippen molar-refractivity contribution in [2.45, 2.75) is 44.3 Å². The second-order valence-corrected chi connectivity index (χ2v) is 10.8. The van der Waals surface area contributed by atoms with Gasteiger partial charge in [-0.3, -0.25) is 4.79 Å². The van der Waals surface area contributed by atoms with Gasteiger partial charge in [0.25, 0.3) is 5.91 Å². The molecule has 1 amide bonds. The Kier molecular flexibility index (Phi) is 8.00. The van der Waals surface area contributed by atoms with Gasteiger partial charge in [0.05, 0.1) is 11.1 Å². The van der Waals surface area contributed by atoms with Crippen molar-refractivity contribution in [1.82, 2.24) is 5.32 Å². The van der Waals surface area contributed by atoms with Crippen LogP contribution in [0.25, 0.3) is 10.8 Å². The van der Waals surface area contributed by atoms with Crippen molar-refractivity contribution in [3.8, 4) is 5.75 Å². The van der Waals surface area contributed by atoms with Gasteiger partial charge in [0.1, 0.15) is 18.4 Å². The number of benzene rings is 3. The molecule has 0 radical (unpaired) electrons. The molecule has 0 aliphatic rings. The van der Waals surface area contributed by atoms with Gasteiger partial charge in [-0.2, -0.15) is 24.9 Å². The average Bonchev–Trinajstić information content (AvgIpc) is 2.78. The highest BCUT2D eigenvalue weighted by Crippen LogP contribution is 2.32. The molecule has 0 spiro atoms. The number of rotatable bonds is 8. The fourth-order valence-corrected chi connectivity index (χ4v) is 4.16. The number of carboxylic acid groups (broad SMARTS) is 1. The first-order valence-electron chi connectivity index (χ1n) is 10.8. The molecule has 0 unspecified atom stereocenters. The third-order valence-corrected chi connectivity index (χ3v) is 6.44. The monoisotopic (exact) mass is 505 g/mol. The molecule has 0 aromatic heterocycles. The fraction of sp³-hybridized carbons (Fsp3) is 0.308. The lowest BCUT2D eigenvalue weighted by Crippen LogP contribution is -2.43. The molecule has 9 heteroatoms. The van der Waals surface area contributed by atoms with Crippen LogP contribution >= 0.6 is 11.8 Å². The molecular formula is C26H26F3NO4S. The van der Waals surface area contributed by atoms with Crippen molar-refractivity contribution < 1.29 is 32.6 Å². The molecule has 1 atom stereocenters. The summed E-state index contributed by atoms with van der Waals surface area (Å²) in [4.78, 5) is 24.9. The summed E-state index contributed by atoms with van der Waals surface area (Å²) >= 11 is 1.42. The average molecular weight is 506 g/mol. The Bertz CT molecular complexity index is 1200. The van der Waals surface area contributed by atoms with Crippen molar-refractivity contribution in [2.75, 3.05) is 5.75 Å². The van der Waals surface area contributed by atoms with E-state index in [1.807, 2.05) is 32.9 Å². The molecule has 0 saturated heterocycles. The predicted octanol–water partition coefficient (Wildman–Crippen LogP) is 6.15. The zero-order valence-electron chi connectivity index (χ0n) is 19.5. The van der Waals surface area contributed by atoms with Gasteiger partial charge in [0.15, 0.2) is 0 Å². The molecule has 0 heterocycles. The highest BCUT2D eigenvalue weighted by atomic mass is 32.2. The number of nitrogens with one attached hydrogen (secondary N) is 1. The van der Waals surface area contributed by atoms with Gasteiger partial charge >= 0.3 is 12.1 Å². The van der Waals surface area contributed by atoms with Crippen LogP contribution in [0.3, 0.4) is 0 Å². The minimum Gasteiger partial charge on any atom is -0.487 e. The third-order valence-electron chi connectivity index (χ3n) is 5.08. The van der Waals surface area contributed by atoms with Gasteiger partial charge in [-0.1, -0.05) is 63.2 Å². The minimum absolute atomic E-state index is 0.0747. The lowest BCUT2D eigenvalue weighted by Gasteiger charge is -2.22. The van der Waals surface area contributed by atoms with Crippen LogP contribution in [0.4, 0.5) is 13.2 Å². The molecule has 35 heavy (non-hydrogen) atoms. The van der Waals surface area contributed by atoms with Crippen LogP contribution in [0.1, 0.15) is 42.3 Å². The SMILES string of the molecule is CC(C)(C)SC[C@H](NC(=O)c1ccc2ccccc2c1OCc1ccc(C(F)(F)F)cc1)C(=O)O. The number of hydrogen-bond acceptors (Lipinski definition) is 4. The van der Waals surface area contributed by atoms with Crippen molar-refractivity contribution >= 4 is 34.4 Å². The van der Waals surface area contributed by atoms with Crippen LogP contribution < -0.4 is 10.1 Å². The third kappa shape index (κ3) is 7.14. The van der Waals surface area contributed by atoms with E-state index in [4.69, 9.17) is 4.74 Å². The number of halogens is 3. The Balaban J connectivity index is 1.87. The summed E-state index contributed by atoms with van der Waals surface area (Å²) in [5.41, 5.74) is -0.135. The first-order valence-corrected chi connectivity index (χ1v) is 11.8. The molecule has 0 aliphatic heterocycles. The quantitative estimate of drug-likeness (QED) is 0.384. The van der Waals surface area contributed by atoms with E-state index in [0.29, 0.717) is 10.9 Å². The number of aliphatic carboxylic acids is 1. The summed E-state index contributed by atoms with van der Waals surface area (Å²) in [6.07, 6.45) is -4.44. The molecule has 2 N–H and O–H groups in total. The lowest BCUT2D eigenvalue weighted by atomic mass is 10.0. The van der Waals surface area contributed by atoms with Gasteiger partial charge in [-0.25, -0.2) is 4.79 Å². The van der Waals surface area contributed by atoms with Crippen molar-refractivity contribution in [3.05, 3.63) is 77.4 Å². The Morgan fingerprint density at radius 1 is 1.00 bits per heavy atom. The summed E-state index contributed by atoms with van der Waals surface area (Å²) < 4.78 is 44.3. The van der Waals surface area contributed by atoms with Crippen LogP contribution in [0.5, 0.6) is 5.75 Å². The van der Waals surface area contributed by atoms with E-state index >= 15 is 0 Å². The number of fused-ring (bicyclic) bond motifs is 1. The topological polar surface area (TPSA) is 75.6 Å². The number of alkyl halides is 3. The number of amides is 1. The summed E-state index contributed by atoms with van der Waals surface area (Å²) in [6, 6.07) is 13.9. The molecule has 0 bridgehead atoms. The number of carboxylic acids is 1. The molecule has 0 fully saturated rings. The van der Waals surface area contributed by atoms with Crippen LogP contribution in [0.2, 0.25) is 0 Å². The normalized spacial score (nSPS) is 12.9. The van der Waals surface area contributed by atoms with Crippen LogP contribution in [0, 0.1) is 0 Å². The number of hydrogen-bond donors (Lipinski definition) is 2. The summed E-state index contributed by atoms with van der Waals surface area (Å²) in [5, 5.41) is 13.6. The molecule has 3 aromatic rings. The van der Waals surface area contributed by atoms with Gasteiger partial charge in [-0.15, -0.1) is 0 Å². The highest BCUT2D eigenvalue weighted by molar-refractivity contribution is 8.00. The van der Waals surface area contributed by atoms with E-state index in [1.54, 1.807) is 24.3 Å². The van der Waals surface area contributed by atoms with E-state index in [9.17, 15) is 27.9 Å². The van der Waals surface area contributed by atoms with E-state index < -0.39 is 29.7 Å². The summed E-state index contributed by atoms with van der Waals surface area (Å²) in [7, 11) is 0. The van der Waals surface area contributed by atoms with Crippen LogP contribution in [0.15, 0.2) is 60.7 Å². The number of ether oxygens (including phenoxy) is 1. The maximum absolute atomic E-state index is 13.1. The van der Waals surface area contributed by atoms with Crippen LogP contribution in [-0.4, -0.2) is 33.5 Å². The van der Waals surface area contributed by atoms with Gasteiger partial charge in [0.2, 0.25) is 0 Å². The van der Waals surface area contributed by atoms with E-state index in [0.717, 1.165) is 17.5 Å². The Labute approximate surface area is 205 Å². The molecule has 5 nitrogen and oxygen atoms in total. The molecule has 0 saturated carbocycles. The van der Waals surface area contributed by atoms with E-state index in [1.165, 1.54) is 23.9 Å². The van der Waals surface area contributed by atoms with Crippen molar-refractivity contribution in [3.63, 3.8) is 0 Å². The Hall–Kier alpha value is -3.20. The van der Waals surface area contributed by atoms with Gasteiger partial charge < -0.3 is 15.2 Å². The van der Waals surface area contributed by atoms with E-state index in [2.05, 4.69) is 5.32 Å². The zero-order valence-corrected chi connectivity index (χ0v) is 20.3. The zero-order chi connectivity index (χ0) is 25.8. The Morgan fingerprint density at radius 2 is 1.66 bits per heavy atom. The summed E-state index contributed by atoms with van der Waals surface area (Å²) in [6.45, 7) is 5.79. The first kappa shape index (κ1) is 26.4. The first-order chi connectivity index (χ1) is 16.3. The Morgan fingerprint density at radius 3 is 2.26 bits per heavy atom. The molecule has 0 aliphatic carbocycles. The van der Waals surface area contributed by atoms with Gasteiger partial charge in [0, 0.05) is 15.9 Å². The smallest absolute Gasteiger partial charge is 0.416 e. The summed E-state index contributed by atoms with van der Waals surface area (Å²) in [5.74, 6) is -1.35. The standard InChI is InChI=1S/C26H26F3NO4S/c1-25(2,3)35-15-21(24(32)33)30-23(31)20-13-10-17-6-4-5-7-19(17)22(20)34-14-16-8-11-18(12-9-16)26(27,28)29/h4-13,21H,14-15H2,1-3H3,(H,30,31)(H,32,33)/t21-/m0/s1. The largest absolute Gasteiger partial charge is 0.487 e. The second-order valence-electron chi connectivity index (χ2n) is 8.93. The second kappa shape index (κ2) is 10.6. The maximum Gasteiger partial charge on any atom is 0.416 e. The molecule has 186 valence electrons. The molecule has 3 rings (SSSR count).